The summed E-state index contributed by atoms with van der Waals surface area (Å²) in [5, 5.41) is 3.53. The van der Waals surface area contributed by atoms with Crippen LogP contribution < -0.4 is 5.32 Å². The first-order chi connectivity index (χ1) is 11.2. The largest absolute Gasteiger partial charge is 0.379 e. The van der Waals surface area contributed by atoms with Gasteiger partial charge in [-0.15, -0.1) is 0 Å². The Morgan fingerprint density at radius 2 is 2.26 bits per heavy atom. The number of pyridine rings is 1. The summed E-state index contributed by atoms with van der Waals surface area (Å²) in [7, 11) is 1.64. The van der Waals surface area contributed by atoms with Crippen molar-refractivity contribution in [2.45, 2.75) is 23.3 Å². The van der Waals surface area contributed by atoms with E-state index < -0.39 is 4.93 Å². The molecule has 1 unspecified atom stereocenters. The fourth-order valence-electron chi connectivity index (χ4n) is 2.38. The molecule has 0 radical (unpaired) electrons. The van der Waals surface area contributed by atoms with E-state index in [0.29, 0.717) is 26.4 Å². The summed E-state index contributed by atoms with van der Waals surface area (Å²) in [5.74, 6) is -0.131. The summed E-state index contributed by atoms with van der Waals surface area (Å²) in [6.07, 6.45) is 2.58. The Morgan fingerprint density at radius 3 is 2.87 bits per heavy atom. The van der Waals surface area contributed by atoms with Gasteiger partial charge in [-0.3, -0.25) is 9.69 Å². The summed E-state index contributed by atoms with van der Waals surface area (Å²) in [4.78, 5) is 18.2. The highest BCUT2D eigenvalue weighted by Gasteiger charge is 2.42. The molecule has 1 aliphatic heterocycles. The number of nitrogens with zero attached hydrogens (tertiary/aromatic N) is 2. The van der Waals surface area contributed by atoms with E-state index in [2.05, 4.69) is 15.2 Å². The number of carbonyl (C=O) groups is 1. The number of rotatable bonds is 8. The van der Waals surface area contributed by atoms with Crippen LogP contribution in [0.1, 0.15) is 13.3 Å². The summed E-state index contributed by atoms with van der Waals surface area (Å²) >= 11 is 1.37. The number of hydrogen-bond acceptors (Lipinski definition) is 6. The van der Waals surface area contributed by atoms with Gasteiger partial charge in [0.2, 0.25) is 4.93 Å². The smallest absolute Gasteiger partial charge is 0.264 e. The predicted octanol–water partition coefficient (Wildman–Crippen LogP) is 1.37. The highest BCUT2D eigenvalue weighted by atomic mass is 32.2. The second kappa shape index (κ2) is 9.22. The highest BCUT2D eigenvalue weighted by molar-refractivity contribution is 8.01. The predicted molar refractivity (Wildman–Crippen MR) is 90.4 cm³/mol. The molecule has 7 heteroatoms. The molecule has 0 saturated carbocycles. The lowest BCUT2D eigenvalue weighted by atomic mass is 10.2. The molecule has 1 saturated heterocycles. The van der Waals surface area contributed by atoms with E-state index in [1.54, 1.807) is 13.2 Å². The van der Waals surface area contributed by atoms with E-state index in [9.17, 15) is 4.79 Å². The first-order valence-electron chi connectivity index (χ1n) is 7.96. The molecule has 1 aliphatic rings. The quantitative estimate of drug-likeness (QED) is 0.570. The fraction of sp³-hybridized carbons (Fsp3) is 0.625. The van der Waals surface area contributed by atoms with Crippen LogP contribution in [0.4, 0.5) is 0 Å². The Morgan fingerprint density at radius 1 is 1.48 bits per heavy atom. The van der Waals surface area contributed by atoms with E-state index in [-0.39, 0.29) is 5.91 Å². The molecule has 2 rings (SSSR count). The summed E-state index contributed by atoms with van der Waals surface area (Å²) in [6, 6.07) is 5.68. The zero-order valence-corrected chi connectivity index (χ0v) is 14.6. The maximum absolute atomic E-state index is 12.7. The molecule has 23 heavy (non-hydrogen) atoms. The minimum absolute atomic E-state index is 0.131. The number of ether oxygens (including phenoxy) is 2. The van der Waals surface area contributed by atoms with Crippen LogP contribution >= 0.6 is 11.8 Å². The lowest BCUT2D eigenvalue weighted by Gasteiger charge is -2.37. The molecule has 1 amide bonds. The van der Waals surface area contributed by atoms with Crippen LogP contribution in [0, 0.1) is 0 Å². The van der Waals surface area contributed by atoms with Crippen molar-refractivity contribution in [1.82, 2.24) is 15.2 Å². The van der Waals surface area contributed by atoms with E-state index >= 15 is 0 Å². The third-order valence-electron chi connectivity index (χ3n) is 3.56. The summed E-state index contributed by atoms with van der Waals surface area (Å²) < 4.78 is 11.5. The normalized spacial score (nSPS) is 18.3. The van der Waals surface area contributed by atoms with Crippen molar-refractivity contribution in [3.05, 3.63) is 24.4 Å². The van der Waals surface area contributed by atoms with Crippen LogP contribution in [0.15, 0.2) is 29.4 Å². The van der Waals surface area contributed by atoms with Gasteiger partial charge in [0, 0.05) is 39.5 Å². The van der Waals surface area contributed by atoms with Gasteiger partial charge in [0.05, 0.1) is 18.2 Å². The average molecular weight is 339 g/mol. The van der Waals surface area contributed by atoms with Gasteiger partial charge < -0.3 is 14.8 Å². The van der Waals surface area contributed by atoms with Gasteiger partial charge in [-0.05, 0) is 18.6 Å². The summed E-state index contributed by atoms with van der Waals surface area (Å²) in [6.45, 7) is 6.05. The second-order valence-electron chi connectivity index (χ2n) is 5.34. The standard InChI is InChI=1S/C16H25N3O3S/c1-3-10-22-16(15(20)17-2,13-19-8-11-21-12-9-19)23-14-6-4-5-7-18-14/h4-7H,3,8-13H2,1-2H3,(H,17,20). The second-order valence-corrected chi connectivity index (χ2v) is 6.62. The Balaban J connectivity index is 2.22. The Labute approximate surface area is 141 Å². The third-order valence-corrected chi connectivity index (χ3v) is 4.77. The Kier molecular flexibility index (Phi) is 7.29. The molecule has 0 spiro atoms. The Hall–Kier alpha value is -1.15. The monoisotopic (exact) mass is 339 g/mol. The van der Waals surface area contributed by atoms with Gasteiger partial charge in [-0.1, -0.05) is 24.8 Å². The van der Waals surface area contributed by atoms with Crippen LogP contribution in [0.25, 0.3) is 0 Å². The number of thioether (sulfide) groups is 1. The molecule has 1 N–H and O–H groups in total. The van der Waals surface area contributed by atoms with E-state index in [4.69, 9.17) is 9.47 Å². The van der Waals surface area contributed by atoms with Crippen molar-refractivity contribution in [2.75, 3.05) is 46.5 Å². The van der Waals surface area contributed by atoms with Crippen molar-refractivity contribution in [1.29, 1.82) is 0 Å². The fourth-order valence-corrected chi connectivity index (χ4v) is 3.56. The zero-order chi connectivity index (χ0) is 16.5. The van der Waals surface area contributed by atoms with E-state index in [1.165, 1.54) is 11.8 Å². The SMILES string of the molecule is CCCOC(CN1CCOCC1)(Sc1ccccn1)C(=O)NC. The Bertz CT molecular complexity index is 483. The van der Waals surface area contributed by atoms with Gasteiger partial charge in [0.25, 0.3) is 5.91 Å². The lowest BCUT2D eigenvalue weighted by Crippen LogP contribution is -2.54. The van der Waals surface area contributed by atoms with Gasteiger partial charge >= 0.3 is 0 Å². The first-order valence-corrected chi connectivity index (χ1v) is 8.78. The van der Waals surface area contributed by atoms with E-state index in [1.807, 2.05) is 25.1 Å². The lowest BCUT2D eigenvalue weighted by molar-refractivity contribution is -0.138. The van der Waals surface area contributed by atoms with Crippen LogP contribution in [0.5, 0.6) is 0 Å². The third kappa shape index (κ3) is 5.17. The van der Waals surface area contributed by atoms with Crippen LogP contribution in [0.2, 0.25) is 0 Å². The number of amides is 1. The van der Waals surface area contributed by atoms with Gasteiger partial charge in [0.1, 0.15) is 0 Å². The summed E-state index contributed by atoms with van der Waals surface area (Å²) in [5.41, 5.74) is 0. The number of aromatic nitrogens is 1. The van der Waals surface area contributed by atoms with Gasteiger partial charge in [-0.25, -0.2) is 4.98 Å². The van der Waals surface area contributed by atoms with Crippen LogP contribution in [-0.4, -0.2) is 67.2 Å². The van der Waals surface area contributed by atoms with Crippen molar-refractivity contribution >= 4 is 17.7 Å². The molecule has 0 bridgehead atoms. The highest BCUT2D eigenvalue weighted by Crippen LogP contribution is 2.34. The topological polar surface area (TPSA) is 63.7 Å². The molecule has 6 nitrogen and oxygen atoms in total. The minimum atomic E-state index is -1.00. The molecule has 1 fully saturated rings. The number of likely N-dealkylation sites (N-methyl/N-ethyl adjacent to an activating group) is 1. The van der Waals surface area contributed by atoms with Crippen molar-refractivity contribution in [2.24, 2.45) is 0 Å². The van der Waals surface area contributed by atoms with Gasteiger partial charge in [0.15, 0.2) is 0 Å². The number of nitrogens with one attached hydrogen (secondary N) is 1. The minimum Gasteiger partial charge on any atom is -0.379 e. The molecule has 1 atom stereocenters. The average Bonchev–Trinajstić information content (AvgIpc) is 2.60. The van der Waals surface area contributed by atoms with Crippen molar-refractivity contribution < 1.29 is 14.3 Å². The van der Waals surface area contributed by atoms with Crippen molar-refractivity contribution in [3.8, 4) is 0 Å². The van der Waals surface area contributed by atoms with E-state index in [0.717, 1.165) is 24.5 Å². The molecule has 1 aromatic heterocycles. The van der Waals surface area contributed by atoms with Crippen molar-refractivity contribution in [3.63, 3.8) is 0 Å². The van der Waals surface area contributed by atoms with Crippen LogP contribution in [-0.2, 0) is 14.3 Å². The number of hydrogen-bond donors (Lipinski definition) is 1. The maximum Gasteiger partial charge on any atom is 0.264 e. The maximum atomic E-state index is 12.7. The van der Waals surface area contributed by atoms with Crippen LogP contribution in [0.3, 0.4) is 0 Å². The first kappa shape index (κ1) is 18.2. The molecule has 0 aliphatic carbocycles. The van der Waals surface area contributed by atoms with Gasteiger partial charge in [-0.2, -0.15) is 0 Å². The molecule has 128 valence electrons. The molecule has 0 aromatic carbocycles. The molecular weight excluding hydrogens is 314 g/mol. The molecule has 1 aromatic rings. The number of morpholine rings is 1. The molecule has 2 heterocycles. The molecular formula is C16H25N3O3S. The number of carbonyl (C=O) groups excluding carboxylic acids is 1. The zero-order valence-electron chi connectivity index (χ0n) is 13.8.